The fraction of sp³-hybridized carbons (Fsp3) is 0.415. The van der Waals surface area contributed by atoms with Crippen LogP contribution in [0.1, 0.15) is 83.1 Å². The quantitative estimate of drug-likeness (QED) is 0.0399. The Morgan fingerprint density at radius 2 is 0.973 bits per heavy atom. The van der Waals surface area contributed by atoms with Crippen molar-refractivity contribution in [2.75, 3.05) is 28.4 Å². The summed E-state index contributed by atoms with van der Waals surface area (Å²) >= 11 is 0. The van der Waals surface area contributed by atoms with Gasteiger partial charge in [-0.25, -0.2) is 33.6 Å². The van der Waals surface area contributed by atoms with E-state index in [0.29, 0.717) is 22.0 Å². The van der Waals surface area contributed by atoms with E-state index < -0.39 is 76.7 Å². The van der Waals surface area contributed by atoms with E-state index in [-0.39, 0.29) is 67.5 Å². The molecule has 0 bridgehead atoms. The van der Waals surface area contributed by atoms with Gasteiger partial charge in [0.15, 0.2) is 34.5 Å². The minimum atomic E-state index is -1.23. The first-order chi connectivity index (χ1) is 35.0. The number of esters is 3. The molecule has 3 heterocycles. The summed E-state index contributed by atoms with van der Waals surface area (Å²) in [6.07, 6.45) is -1.00. The summed E-state index contributed by atoms with van der Waals surface area (Å²) in [5, 5.41) is 8.54. The third kappa shape index (κ3) is 12.7. The Morgan fingerprint density at radius 3 is 1.45 bits per heavy atom. The highest BCUT2D eigenvalue weighted by Crippen LogP contribution is 2.50. The van der Waals surface area contributed by atoms with Crippen molar-refractivity contribution in [3.63, 3.8) is 0 Å². The lowest BCUT2D eigenvalue weighted by molar-refractivity contribution is -0.137. The zero-order chi connectivity index (χ0) is 55.6. The topological polar surface area (TPSA) is 265 Å². The Morgan fingerprint density at radius 1 is 0.507 bits per heavy atom. The normalized spacial score (nSPS) is 13.0. The van der Waals surface area contributed by atoms with E-state index in [0.717, 1.165) is 0 Å². The number of fused-ring (bicyclic) bond motifs is 7. The molecule has 0 saturated carbocycles. The number of alkyl carbamates (subject to hydrolysis) is 3. The van der Waals surface area contributed by atoms with Crippen LogP contribution in [0.3, 0.4) is 0 Å². The average molecular weight is 1040 g/mol. The average Bonchev–Trinajstić information content (AvgIpc) is 3.65. The molecule has 6 rings (SSSR count). The smallest absolute Gasteiger partial charge is 0.408 e. The number of carbonyl (C=O) groups is 6. The predicted molar refractivity (Wildman–Crippen MR) is 273 cm³/mol. The molecule has 0 unspecified atom stereocenters. The van der Waals surface area contributed by atoms with Gasteiger partial charge in [0.1, 0.15) is 46.0 Å². The molecular formula is C53H62N4O18. The molecule has 0 aliphatic rings. The third-order valence-corrected chi connectivity index (χ3v) is 10.8. The van der Waals surface area contributed by atoms with Crippen molar-refractivity contribution < 1.29 is 80.6 Å². The van der Waals surface area contributed by atoms with Crippen LogP contribution < -0.4 is 54.7 Å². The summed E-state index contributed by atoms with van der Waals surface area (Å²) in [6, 6.07) is 7.03. The molecule has 3 aromatic heterocycles. The van der Waals surface area contributed by atoms with Gasteiger partial charge in [-0.05, 0) is 119 Å². The standard InChI is InChI=1S/C53H62N4O18/c1-25(54-48(62)73-51(4,5)6)44(58)69-32-18-17-28(21-34(32)65-13)38-39-31-23-35(66-14)36(71-45(59)26(2)55-49(63)74-52(7,8)9)24-33(31)70-47(61)41(39)57-20-19-29-30(40(38)57)22-37(67-15)43(68-16)42(29)72-46(60)27(3)56-50(64)75-53(10,11)12/h17-27H,1-16H3,(H,54,62)(H,55,63)(H,56,64)/t25-,26-,27-/m0/s1. The van der Waals surface area contributed by atoms with Gasteiger partial charge in [0.25, 0.3) is 0 Å². The highest BCUT2D eigenvalue weighted by atomic mass is 16.6. The number of amides is 3. The zero-order valence-corrected chi connectivity index (χ0v) is 44.6. The van der Waals surface area contributed by atoms with Crippen LogP contribution in [0, 0.1) is 0 Å². The summed E-state index contributed by atoms with van der Waals surface area (Å²) in [5.41, 5.74) is -2.40. The Labute approximate surface area is 431 Å². The molecule has 6 aromatic rings. The Bertz CT molecular complexity index is 3300. The van der Waals surface area contributed by atoms with E-state index in [1.165, 1.54) is 67.4 Å². The SMILES string of the molecule is COc1cc(-c2c3c4cc(OC)c(OC(=O)[C@H](C)NC(=O)OC(C)(C)C)cc4oc(=O)c3n3ccc4c(OC(=O)[C@H](C)NC(=O)OC(C)(C)C)c(OC)c(OC)cc4c23)ccc1OC(=O)[C@H](C)NC(=O)OC(C)(C)C. The maximum absolute atomic E-state index is 14.6. The molecule has 0 saturated heterocycles. The summed E-state index contributed by atoms with van der Waals surface area (Å²) in [5.74, 6) is -2.78. The first-order valence-electron chi connectivity index (χ1n) is 23.5. The van der Waals surface area contributed by atoms with Crippen molar-refractivity contribution in [3.8, 4) is 51.4 Å². The summed E-state index contributed by atoms with van der Waals surface area (Å²) < 4.78 is 64.1. The zero-order valence-electron chi connectivity index (χ0n) is 44.6. The molecule has 0 spiro atoms. The lowest BCUT2D eigenvalue weighted by atomic mass is 9.97. The van der Waals surface area contributed by atoms with E-state index in [1.807, 2.05) is 0 Å². The molecule has 3 atom stereocenters. The Balaban J connectivity index is 1.61. The molecule has 0 aliphatic carbocycles. The number of nitrogens with zero attached hydrogens (tertiary/aromatic N) is 1. The van der Waals surface area contributed by atoms with Gasteiger partial charge in [0.2, 0.25) is 5.75 Å². The summed E-state index contributed by atoms with van der Waals surface area (Å²) in [7, 11) is 5.41. The number of rotatable bonds is 14. The number of hydrogen-bond acceptors (Lipinski definition) is 18. The Hall–Kier alpha value is -8.43. The first-order valence-corrected chi connectivity index (χ1v) is 23.5. The Kier molecular flexibility index (Phi) is 16.1. The highest BCUT2D eigenvalue weighted by Gasteiger charge is 2.31. The van der Waals surface area contributed by atoms with Gasteiger partial charge in [-0.15, -0.1) is 0 Å². The molecule has 0 aliphatic heterocycles. The number of nitrogens with one attached hydrogen (secondary N) is 3. The lowest BCUT2D eigenvalue weighted by Crippen LogP contribution is -2.43. The molecular weight excluding hydrogens is 981 g/mol. The number of methoxy groups -OCH3 is 4. The number of ether oxygens (including phenoxy) is 10. The molecule has 22 nitrogen and oxygen atoms in total. The minimum absolute atomic E-state index is 0.0106. The molecule has 3 amide bonds. The van der Waals surface area contributed by atoms with Crippen molar-refractivity contribution in [2.45, 2.75) is 118 Å². The van der Waals surface area contributed by atoms with Crippen LogP contribution in [0.4, 0.5) is 14.4 Å². The van der Waals surface area contributed by atoms with Gasteiger partial charge >= 0.3 is 41.8 Å². The second-order valence-corrected chi connectivity index (χ2v) is 20.2. The van der Waals surface area contributed by atoms with Gasteiger partial charge in [0.05, 0.1) is 34.0 Å². The number of benzene rings is 3. The largest absolute Gasteiger partial charge is 0.493 e. The first kappa shape index (κ1) is 55.9. The van der Waals surface area contributed by atoms with Crippen LogP contribution in [0.15, 0.2) is 57.9 Å². The molecule has 0 fully saturated rings. The second-order valence-electron chi connectivity index (χ2n) is 20.2. The maximum Gasteiger partial charge on any atom is 0.408 e. The van der Waals surface area contributed by atoms with E-state index in [1.54, 1.807) is 97.2 Å². The van der Waals surface area contributed by atoms with Crippen LogP contribution in [0.2, 0.25) is 0 Å². The van der Waals surface area contributed by atoms with Crippen molar-refractivity contribution in [2.24, 2.45) is 0 Å². The summed E-state index contributed by atoms with van der Waals surface area (Å²) in [6.45, 7) is 19.3. The highest BCUT2D eigenvalue weighted by molar-refractivity contribution is 6.22. The third-order valence-electron chi connectivity index (χ3n) is 10.8. The molecule has 75 heavy (non-hydrogen) atoms. The second kappa shape index (κ2) is 21.6. The van der Waals surface area contributed by atoms with Crippen LogP contribution in [0.25, 0.3) is 49.3 Å². The molecule has 3 N–H and O–H groups in total. The van der Waals surface area contributed by atoms with Gasteiger partial charge in [-0.2, -0.15) is 0 Å². The van der Waals surface area contributed by atoms with E-state index >= 15 is 0 Å². The van der Waals surface area contributed by atoms with Crippen LogP contribution in [-0.4, -0.2) is 104 Å². The van der Waals surface area contributed by atoms with Gasteiger partial charge in [0, 0.05) is 39.4 Å². The van der Waals surface area contributed by atoms with Crippen molar-refractivity contribution in [3.05, 3.63) is 59.1 Å². The lowest BCUT2D eigenvalue weighted by Gasteiger charge is -2.22. The molecule has 0 radical (unpaired) electrons. The van der Waals surface area contributed by atoms with Gasteiger partial charge in [-0.1, -0.05) is 6.07 Å². The van der Waals surface area contributed by atoms with E-state index in [2.05, 4.69) is 16.0 Å². The minimum Gasteiger partial charge on any atom is -0.493 e. The van der Waals surface area contributed by atoms with Crippen molar-refractivity contribution >= 4 is 74.3 Å². The van der Waals surface area contributed by atoms with E-state index in [9.17, 15) is 33.6 Å². The maximum atomic E-state index is 14.6. The molecule has 3 aromatic carbocycles. The van der Waals surface area contributed by atoms with E-state index in [4.69, 9.17) is 51.8 Å². The van der Waals surface area contributed by atoms with Crippen LogP contribution in [-0.2, 0) is 28.6 Å². The monoisotopic (exact) mass is 1040 g/mol. The number of aromatic nitrogens is 1. The number of hydrogen-bond donors (Lipinski definition) is 3. The fourth-order valence-electron chi connectivity index (χ4n) is 7.66. The molecule has 22 heteroatoms. The number of pyridine rings is 1. The van der Waals surface area contributed by atoms with Crippen LogP contribution >= 0.6 is 0 Å². The van der Waals surface area contributed by atoms with Gasteiger partial charge in [-0.3, -0.25) is 0 Å². The fourth-order valence-corrected chi connectivity index (χ4v) is 7.66. The summed E-state index contributed by atoms with van der Waals surface area (Å²) in [4.78, 5) is 92.9. The van der Waals surface area contributed by atoms with Crippen molar-refractivity contribution in [1.82, 2.24) is 20.4 Å². The number of carbonyl (C=O) groups excluding carboxylic acids is 6. The van der Waals surface area contributed by atoms with Crippen molar-refractivity contribution in [1.29, 1.82) is 0 Å². The molecule has 402 valence electrons. The van der Waals surface area contributed by atoms with Crippen LogP contribution in [0.5, 0.6) is 40.2 Å². The van der Waals surface area contributed by atoms with Gasteiger partial charge < -0.3 is 72.1 Å². The predicted octanol–water partition coefficient (Wildman–Crippen LogP) is 8.51.